The fourth-order valence-electron chi connectivity index (χ4n) is 1.24. The predicted molar refractivity (Wildman–Crippen MR) is 62.2 cm³/mol. The number of methoxy groups -OCH3 is 1. The van der Waals surface area contributed by atoms with Gasteiger partial charge in [-0.1, -0.05) is 35.0 Å². The second kappa shape index (κ2) is 6.17. The number of halogens is 1. The smallest absolute Gasteiger partial charge is 0.0724 e. The molecule has 0 fully saturated rings. The minimum atomic E-state index is 0.655. The molecule has 0 bridgehead atoms. The highest BCUT2D eigenvalue weighted by Crippen LogP contribution is 2.19. The van der Waals surface area contributed by atoms with Crippen LogP contribution in [0.15, 0.2) is 22.7 Å². The van der Waals surface area contributed by atoms with Gasteiger partial charge in [0.15, 0.2) is 0 Å². The number of hydrogen-bond donors (Lipinski definition) is 1. The predicted octanol–water partition coefficient (Wildman–Crippen LogP) is 2.71. The standard InChI is InChI=1S/C11H16BrNO/c1-3-13-7-9-4-5-10(8-14-2)11(12)6-9/h4-6,13H,3,7-8H2,1-2H3. The molecule has 0 aliphatic rings. The van der Waals surface area contributed by atoms with Crippen LogP contribution in [0.2, 0.25) is 0 Å². The van der Waals surface area contributed by atoms with Crippen LogP contribution in [0, 0.1) is 0 Å². The molecule has 0 saturated heterocycles. The fraction of sp³-hybridized carbons (Fsp3) is 0.455. The molecule has 0 aliphatic heterocycles. The molecule has 0 saturated carbocycles. The van der Waals surface area contributed by atoms with Gasteiger partial charge >= 0.3 is 0 Å². The summed E-state index contributed by atoms with van der Waals surface area (Å²) >= 11 is 3.53. The van der Waals surface area contributed by atoms with Gasteiger partial charge in [0.2, 0.25) is 0 Å². The Morgan fingerprint density at radius 2 is 2.21 bits per heavy atom. The van der Waals surface area contributed by atoms with E-state index in [2.05, 4.69) is 46.4 Å². The summed E-state index contributed by atoms with van der Waals surface area (Å²) in [6, 6.07) is 6.36. The molecular weight excluding hydrogens is 242 g/mol. The molecule has 3 heteroatoms. The Bertz CT molecular complexity index is 289. The monoisotopic (exact) mass is 257 g/mol. The molecule has 2 nitrogen and oxygen atoms in total. The van der Waals surface area contributed by atoms with Crippen molar-refractivity contribution in [3.8, 4) is 0 Å². The minimum absolute atomic E-state index is 0.655. The van der Waals surface area contributed by atoms with Crippen molar-refractivity contribution in [1.82, 2.24) is 5.32 Å². The largest absolute Gasteiger partial charge is 0.380 e. The molecule has 0 aromatic heterocycles. The maximum absolute atomic E-state index is 5.08. The Balaban J connectivity index is 2.68. The van der Waals surface area contributed by atoms with Crippen LogP contribution in [0.1, 0.15) is 18.1 Å². The van der Waals surface area contributed by atoms with E-state index in [1.165, 1.54) is 11.1 Å². The van der Waals surface area contributed by atoms with Gasteiger partial charge in [-0.05, 0) is 23.7 Å². The van der Waals surface area contributed by atoms with Gasteiger partial charge < -0.3 is 10.1 Å². The molecule has 0 spiro atoms. The van der Waals surface area contributed by atoms with Crippen LogP contribution in [0.25, 0.3) is 0 Å². The summed E-state index contributed by atoms with van der Waals surface area (Å²) in [6.07, 6.45) is 0. The second-order valence-electron chi connectivity index (χ2n) is 3.14. The first-order valence-corrected chi connectivity index (χ1v) is 5.54. The molecule has 1 aromatic carbocycles. The van der Waals surface area contributed by atoms with E-state index in [-0.39, 0.29) is 0 Å². The topological polar surface area (TPSA) is 21.3 Å². The fourth-order valence-corrected chi connectivity index (χ4v) is 1.78. The lowest BCUT2D eigenvalue weighted by molar-refractivity contribution is 0.184. The van der Waals surface area contributed by atoms with Crippen LogP contribution in [-0.2, 0) is 17.9 Å². The maximum Gasteiger partial charge on any atom is 0.0724 e. The molecule has 78 valence electrons. The van der Waals surface area contributed by atoms with Crippen LogP contribution in [0.5, 0.6) is 0 Å². The van der Waals surface area contributed by atoms with Crippen molar-refractivity contribution in [2.24, 2.45) is 0 Å². The summed E-state index contributed by atoms with van der Waals surface area (Å²) in [5.41, 5.74) is 2.48. The first-order chi connectivity index (χ1) is 6.77. The molecule has 1 rings (SSSR count). The van der Waals surface area contributed by atoms with Crippen molar-refractivity contribution in [1.29, 1.82) is 0 Å². The van der Waals surface area contributed by atoms with Crippen molar-refractivity contribution < 1.29 is 4.74 Å². The van der Waals surface area contributed by atoms with Crippen LogP contribution in [-0.4, -0.2) is 13.7 Å². The van der Waals surface area contributed by atoms with Gasteiger partial charge in [-0.25, -0.2) is 0 Å². The molecule has 0 heterocycles. The van der Waals surface area contributed by atoms with E-state index in [4.69, 9.17) is 4.74 Å². The Kier molecular flexibility index (Phi) is 5.15. The van der Waals surface area contributed by atoms with E-state index in [1.807, 2.05) is 0 Å². The molecule has 1 aromatic rings. The zero-order valence-corrected chi connectivity index (χ0v) is 10.2. The SMILES string of the molecule is CCNCc1ccc(COC)c(Br)c1. The number of benzene rings is 1. The summed E-state index contributed by atoms with van der Waals surface area (Å²) < 4.78 is 6.20. The molecule has 1 N–H and O–H groups in total. The maximum atomic E-state index is 5.08. The van der Waals surface area contributed by atoms with Crippen molar-refractivity contribution >= 4 is 15.9 Å². The summed E-state index contributed by atoms with van der Waals surface area (Å²) in [4.78, 5) is 0. The van der Waals surface area contributed by atoms with Gasteiger partial charge in [0.1, 0.15) is 0 Å². The third-order valence-corrected chi connectivity index (χ3v) is 2.73. The molecular formula is C11H16BrNO. The van der Waals surface area contributed by atoms with Crippen molar-refractivity contribution in [2.75, 3.05) is 13.7 Å². The highest BCUT2D eigenvalue weighted by molar-refractivity contribution is 9.10. The zero-order valence-electron chi connectivity index (χ0n) is 8.64. The summed E-state index contributed by atoms with van der Waals surface area (Å²) in [6.45, 7) is 4.68. The van der Waals surface area contributed by atoms with Gasteiger partial charge in [-0.3, -0.25) is 0 Å². The number of hydrogen-bond acceptors (Lipinski definition) is 2. The lowest BCUT2D eigenvalue weighted by Gasteiger charge is -2.06. The normalized spacial score (nSPS) is 10.5. The summed E-state index contributed by atoms with van der Waals surface area (Å²) in [5, 5.41) is 3.29. The Morgan fingerprint density at radius 3 is 2.79 bits per heavy atom. The van der Waals surface area contributed by atoms with Gasteiger partial charge in [0.25, 0.3) is 0 Å². The van der Waals surface area contributed by atoms with E-state index < -0.39 is 0 Å². The number of nitrogens with one attached hydrogen (secondary N) is 1. The Hall–Kier alpha value is -0.380. The average molecular weight is 258 g/mol. The van der Waals surface area contributed by atoms with Crippen LogP contribution < -0.4 is 5.32 Å². The Labute approximate surface area is 93.8 Å². The van der Waals surface area contributed by atoms with Crippen LogP contribution in [0.3, 0.4) is 0 Å². The van der Waals surface area contributed by atoms with E-state index in [9.17, 15) is 0 Å². The van der Waals surface area contributed by atoms with E-state index >= 15 is 0 Å². The van der Waals surface area contributed by atoms with Gasteiger partial charge in [-0.2, -0.15) is 0 Å². The van der Waals surface area contributed by atoms with Crippen molar-refractivity contribution in [3.05, 3.63) is 33.8 Å². The number of ether oxygens (including phenoxy) is 1. The lowest BCUT2D eigenvalue weighted by Crippen LogP contribution is -2.11. The molecule has 0 atom stereocenters. The number of rotatable bonds is 5. The zero-order chi connectivity index (χ0) is 10.4. The molecule has 0 amide bonds. The highest BCUT2D eigenvalue weighted by Gasteiger charge is 2.00. The first kappa shape index (κ1) is 11.7. The minimum Gasteiger partial charge on any atom is -0.380 e. The second-order valence-corrected chi connectivity index (χ2v) is 3.99. The van der Waals surface area contributed by atoms with E-state index in [1.54, 1.807) is 7.11 Å². The summed E-state index contributed by atoms with van der Waals surface area (Å²) in [7, 11) is 1.71. The quantitative estimate of drug-likeness (QED) is 0.876. The molecule has 0 unspecified atom stereocenters. The lowest BCUT2D eigenvalue weighted by atomic mass is 10.1. The summed E-state index contributed by atoms with van der Waals surface area (Å²) in [5.74, 6) is 0. The van der Waals surface area contributed by atoms with Crippen LogP contribution >= 0.6 is 15.9 Å². The van der Waals surface area contributed by atoms with E-state index in [0.717, 1.165) is 17.6 Å². The van der Waals surface area contributed by atoms with Crippen LogP contribution in [0.4, 0.5) is 0 Å². The van der Waals surface area contributed by atoms with E-state index in [0.29, 0.717) is 6.61 Å². The molecule has 0 aliphatic carbocycles. The van der Waals surface area contributed by atoms with Crippen molar-refractivity contribution in [2.45, 2.75) is 20.1 Å². The highest BCUT2D eigenvalue weighted by atomic mass is 79.9. The first-order valence-electron chi connectivity index (χ1n) is 4.75. The third-order valence-electron chi connectivity index (χ3n) is 2.00. The average Bonchev–Trinajstić information content (AvgIpc) is 2.19. The third kappa shape index (κ3) is 3.40. The van der Waals surface area contributed by atoms with Gasteiger partial charge in [-0.15, -0.1) is 0 Å². The molecule has 0 radical (unpaired) electrons. The van der Waals surface area contributed by atoms with Crippen molar-refractivity contribution in [3.63, 3.8) is 0 Å². The van der Waals surface area contributed by atoms with Gasteiger partial charge in [0, 0.05) is 18.1 Å². The Morgan fingerprint density at radius 1 is 1.43 bits per heavy atom. The molecule has 14 heavy (non-hydrogen) atoms. The van der Waals surface area contributed by atoms with Gasteiger partial charge in [0.05, 0.1) is 6.61 Å².